The first kappa shape index (κ1) is 12.6. The zero-order valence-corrected chi connectivity index (χ0v) is 12.2. The Morgan fingerprint density at radius 2 is 2.11 bits per heavy atom. The molecule has 5 nitrogen and oxygen atoms in total. The highest BCUT2D eigenvalue weighted by atomic mass is 32.1. The molecule has 0 spiro atoms. The molecule has 1 aliphatic rings. The van der Waals surface area contributed by atoms with Crippen molar-refractivity contribution in [2.75, 3.05) is 31.1 Å². The maximum atomic E-state index is 12.2. The number of hydrogen-bond donors (Lipinski definition) is 0. The molecular weight excluding hydrogens is 280 g/mol. The summed E-state index contributed by atoms with van der Waals surface area (Å²) >= 11 is 2.93. The van der Waals surface area contributed by atoms with Gasteiger partial charge in [0.1, 0.15) is 5.82 Å². The molecule has 0 N–H and O–H groups in total. The van der Waals surface area contributed by atoms with Crippen LogP contribution in [-0.2, 0) is 0 Å². The lowest BCUT2D eigenvalue weighted by Gasteiger charge is -2.34. The Morgan fingerprint density at radius 1 is 1.32 bits per heavy atom. The predicted molar refractivity (Wildman–Crippen MR) is 77.1 cm³/mol. The van der Waals surface area contributed by atoms with Gasteiger partial charge in [-0.05, 0) is 18.4 Å². The molecule has 0 atom stereocenters. The second-order valence-corrected chi connectivity index (χ2v) is 6.06. The van der Waals surface area contributed by atoms with Crippen LogP contribution < -0.4 is 4.90 Å². The highest BCUT2D eigenvalue weighted by Gasteiger charge is 2.24. The van der Waals surface area contributed by atoms with Crippen molar-refractivity contribution in [3.63, 3.8) is 0 Å². The molecule has 1 amide bonds. The molecule has 0 radical (unpaired) electrons. The summed E-state index contributed by atoms with van der Waals surface area (Å²) in [6, 6.07) is 3.80. The SMILES string of the molecule is Cc1nsc(N2CCN(C(=O)c3cccs3)CC2)n1. The normalized spacial score (nSPS) is 15.8. The minimum Gasteiger partial charge on any atom is -0.343 e. The maximum absolute atomic E-state index is 12.2. The standard InChI is InChI=1S/C12H14N4OS2/c1-9-13-12(19-14-9)16-6-4-15(5-7-16)11(17)10-3-2-8-18-10/h2-3,8H,4-7H2,1H3. The third-order valence-electron chi connectivity index (χ3n) is 3.09. The third-order valence-corrected chi connectivity index (χ3v) is 4.81. The van der Waals surface area contributed by atoms with E-state index in [-0.39, 0.29) is 5.91 Å². The smallest absolute Gasteiger partial charge is 0.264 e. The molecule has 0 aromatic carbocycles. The second kappa shape index (κ2) is 5.26. The van der Waals surface area contributed by atoms with Gasteiger partial charge in [-0.25, -0.2) is 4.98 Å². The average molecular weight is 294 g/mol. The quantitative estimate of drug-likeness (QED) is 0.848. The fourth-order valence-electron chi connectivity index (χ4n) is 2.07. The first-order valence-electron chi connectivity index (χ1n) is 6.12. The molecular formula is C12H14N4OS2. The van der Waals surface area contributed by atoms with Gasteiger partial charge in [-0.1, -0.05) is 6.07 Å². The van der Waals surface area contributed by atoms with Crippen LogP contribution in [0.25, 0.3) is 0 Å². The van der Waals surface area contributed by atoms with E-state index in [1.165, 1.54) is 22.9 Å². The van der Waals surface area contributed by atoms with E-state index in [4.69, 9.17) is 0 Å². The Morgan fingerprint density at radius 3 is 2.68 bits per heavy atom. The average Bonchev–Trinajstić information content (AvgIpc) is 3.09. The summed E-state index contributed by atoms with van der Waals surface area (Å²) < 4.78 is 4.20. The zero-order valence-electron chi connectivity index (χ0n) is 10.6. The van der Waals surface area contributed by atoms with Crippen molar-refractivity contribution in [3.05, 3.63) is 28.2 Å². The van der Waals surface area contributed by atoms with Crippen LogP contribution in [0.15, 0.2) is 17.5 Å². The Bertz CT molecular complexity index is 558. The topological polar surface area (TPSA) is 49.3 Å². The van der Waals surface area contributed by atoms with Gasteiger partial charge in [-0.15, -0.1) is 11.3 Å². The molecule has 7 heteroatoms. The van der Waals surface area contributed by atoms with Crippen LogP contribution in [0, 0.1) is 6.92 Å². The molecule has 1 saturated heterocycles. The highest BCUT2D eigenvalue weighted by Crippen LogP contribution is 2.20. The summed E-state index contributed by atoms with van der Waals surface area (Å²) in [5.74, 6) is 0.959. The van der Waals surface area contributed by atoms with Crippen LogP contribution in [0.3, 0.4) is 0 Å². The lowest BCUT2D eigenvalue weighted by molar-refractivity contribution is 0.0751. The lowest BCUT2D eigenvalue weighted by atomic mass is 10.3. The summed E-state index contributed by atoms with van der Waals surface area (Å²) in [5, 5.41) is 2.90. The van der Waals surface area contributed by atoms with Crippen LogP contribution >= 0.6 is 22.9 Å². The maximum Gasteiger partial charge on any atom is 0.264 e. The molecule has 2 aromatic heterocycles. The minimum atomic E-state index is 0.142. The fourth-order valence-corrected chi connectivity index (χ4v) is 3.49. The second-order valence-electron chi connectivity index (χ2n) is 4.38. The van der Waals surface area contributed by atoms with Crippen LogP contribution in [-0.4, -0.2) is 46.3 Å². The Balaban J connectivity index is 1.62. The van der Waals surface area contributed by atoms with E-state index in [9.17, 15) is 4.79 Å². The molecule has 100 valence electrons. The number of carbonyl (C=O) groups excluding carboxylic acids is 1. The number of thiophene rings is 1. The van der Waals surface area contributed by atoms with E-state index in [0.29, 0.717) is 0 Å². The van der Waals surface area contributed by atoms with Gasteiger partial charge in [0.15, 0.2) is 0 Å². The lowest BCUT2D eigenvalue weighted by Crippen LogP contribution is -2.48. The molecule has 19 heavy (non-hydrogen) atoms. The number of anilines is 1. The van der Waals surface area contributed by atoms with E-state index in [2.05, 4.69) is 14.3 Å². The van der Waals surface area contributed by atoms with Crippen LogP contribution in [0.4, 0.5) is 5.13 Å². The van der Waals surface area contributed by atoms with Gasteiger partial charge in [0.05, 0.1) is 4.88 Å². The van der Waals surface area contributed by atoms with Crippen molar-refractivity contribution in [2.24, 2.45) is 0 Å². The van der Waals surface area contributed by atoms with E-state index >= 15 is 0 Å². The number of nitrogens with zero attached hydrogens (tertiary/aromatic N) is 4. The summed E-state index contributed by atoms with van der Waals surface area (Å²) in [4.78, 5) is 21.5. The molecule has 1 fully saturated rings. The Hall–Kier alpha value is -1.47. The molecule has 0 unspecified atom stereocenters. The number of aryl methyl sites for hydroxylation is 1. The molecule has 2 aromatic rings. The van der Waals surface area contributed by atoms with E-state index in [1.54, 1.807) is 0 Å². The third kappa shape index (κ3) is 2.62. The number of rotatable bonds is 2. The minimum absolute atomic E-state index is 0.142. The first-order chi connectivity index (χ1) is 9.24. The number of hydrogen-bond acceptors (Lipinski definition) is 6. The van der Waals surface area contributed by atoms with Gasteiger partial charge in [0.2, 0.25) is 5.13 Å². The van der Waals surface area contributed by atoms with Crippen molar-refractivity contribution < 1.29 is 4.79 Å². The van der Waals surface area contributed by atoms with Gasteiger partial charge in [-0.2, -0.15) is 4.37 Å². The fraction of sp³-hybridized carbons (Fsp3) is 0.417. The van der Waals surface area contributed by atoms with Crippen molar-refractivity contribution in [1.82, 2.24) is 14.3 Å². The van der Waals surface area contributed by atoms with Gasteiger partial charge < -0.3 is 9.80 Å². The molecule has 0 saturated carbocycles. The molecule has 3 heterocycles. The predicted octanol–water partition coefficient (Wildman–Crippen LogP) is 1.87. The largest absolute Gasteiger partial charge is 0.343 e. The van der Waals surface area contributed by atoms with Crippen molar-refractivity contribution in [2.45, 2.75) is 6.92 Å². The molecule has 3 rings (SSSR count). The van der Waals surface area contributed by atoms with Crippen LogP contribution in [0.2, 0.25) is 0 Å². The summed E-state index contributed by atoms with van der Waals surface area (Å²) in [7, 11) is 0. The first-order valence-corrected chi connectivity index (χ1v) is 7.77. The molecule has 0 bridgehead atoms. The van der Waals surface area contributed by atoms with E-state index < -0.39 is 0 Å². The van der Waals surface area contributed by atoms with Crippen LogP contribution in [0.5, 0.6) is 0 Å². The summed E-state index contributed by atoms with van der Waals surface area (Å²) in [5.41, 5.74) is 0. The number of piperazine rings is 1. The monoisotopic (exact) mass is 294 g/mol. The van der Waals surface area contributed by atoms with Gasteiger partial charge in [0, 0.05) is 37.7 Å². The van der Waals surface area contributed by atoms with Crippen molar-refractivity contribution >= 4 is 33.9 Å². The van der Waals surface area contributed by atoms with Gasteiger partial charge in [0.25, 0.3) is 5.91 Å². The molecule has 1 aliphatic heterocycles. The van der Waals surface area contributed by atoms with E-state index in [1.807, 2.05) is 29.3 Å². The summed E-state index contributed by atoms with van der Waals surface area (Å²) in [6.45, 7) is 5.04. The van der Waals surface area contributed by atoms with Crippen molar-refractivity contribution in [3.8, 4) is 0 Å². The van der Waals surface area contributed by atoms with Gasteiger partial charge >= 0.3 is 0 Å². The Labute approximate surface area is 119 Å². The highest BCUT2D eigenvalue weighted by molar-refractivity contribution is 7.12. The number of carbonyl (C=O) groups is 1. The van der Waals surface area contributed by atoms with E-state index in [0.717, 1.165) is 42.0 Å². The Kier molecular flexibility index (Phi) is 3.48. The number of aromatic nitrogens is 2. The molecule has 0 aliphatic carbocycles. The van der Waals surface area contributed by atoms with Crippen LogP contribution in [0.1, 0.15) is 15.5 Å². The summed E-state index contributed by atoms with van der Waals surface area (Å²) in [6.07, 6.45) is 0. The number of amides is 1. The van der Waals surface area contributed by atoms with Crippen molar-refractivity contribution in [1.29, 1.82) is 0 Å². The van der Waals surface area contributed by atoms with Gasteiger partial charge in [-0.3, -0.25) is 4.79 Å². The zero-order chi connectivity index (χ0) is 13.2.